The number of benzene rings is 2. The second kappa shape index (κ2) is 6.98. The summed E-state index contributed by atoms with van der Waals surface area (Å²) in [6.07, 6.45) is 3.27. The fourth-order valence-electron chi connectivity index (χ4n) is 3.12. The van der Waals surface area contributed by atoms with E-state index in [4.69, 9.17) is 16.3 Å². The summed E-state index contributed by atoms with van der Waals surface area (Å²) < 4.78 is 7.90. The van der Waals surface area contributed by atoms with Crippen molar-refractivity contribution >= 4 is 17.6 Å². The van der Waals surface area contributed by atoms with Gasteiger partial charge in [-0.15, -0.1) is 0 Å². The predicted molar refractivity (Wildman–Crippen MR) is 107 cm³/mol. The van der Waals surface area contributed by atoms with Crippen molar-refractivity contribution in [2.45, 2.75) is 6.92 Å². The third-order valence-corrected chi connectivity index (χ3v) is 5.00. The minimum absolute atomic E-state index is 0.200. The van der Waals surface area contributed by atoms with Gasteiger partial charge in [-0.3, -0.25) is 4.79 Å². The molecule has 28 heavy (non-hydrogen) atoms. The molecule has 0 bridgehead atoms. The van der Waals surface area contributed by atoms with Gasteiger partial charge in [0.2, 0.25) is 0 Å². The van der Waals surface area contributed by atoms with Crippen LogP contribution in [-0.4, -0.2) is 27.4 Å². The summed E-state index contributed by atoms with van der Waals surface area (Å²) in [4.78, 5) is 25.4. The van der Waals surface area contributed by atoms with Crippen LogP contribution >= 0.6 is 11.6 Å². The van der Waals surface area contributed by atoms with Crippen molar-refractivity contribution in [3.05, 3.63) is 87.4 Å². The first-order chi connectivity index (χ1) is 13.5. The van der Waals surface area contributed by atoms with Crippen LogP contribution in [-0.2, 0) is 4.74 Å². The highest BCUT2D eigenvalue weighted by atomic mass is 35.5. The number of aromatic nitrogens is 3. The zero-order chi connectivity index (χ0) is 19.8. The number of para-hydroxylation sites is 1. The molecule has 0 saturated carbocycles. The molecule has 0 spiro atoms. The van der Waals surface area contributed by atoms with Gasteiger partial charge in [0.15, 0.2) is 0 Å². The first kappa shape index (κ1) is 18.0. The molecule has 0 aromatic heterocycles. The Bertz CT molecular complexity index is 1210. The Morgan fingerprint density at radius 1 is 1.07 bits per heavy atom. The number of carbonyl (C=O) groups is 1. The highest BCUT2D eigenvalue weighted by Gasteiger charge is 2.25. The number of carbonyl (C=O) groups excluding carboxylic acids is 1. The van der Waals surface area contributed by atoms with Gasteiger partial charge in [0.25, 0.3) is 5.56 Å². The molecule has 2 aliphatic heterocycles. The Hall–Kier alpha value is -3.38. The molecule has 0 amide bonds. The first-order valence-electron chi connectivity index (χ1n) is 8.55. The van der Waals surface area contributed by atoms with Crippen LogP contribution in [0, 0.1) is 6.92 Å². The number of hydrogen-bond acceptors (Lipinski definition) is 4. The molecule has 7 heteroatoms. The van der Waals surface area contributed by atoms with Gasteiger partial charge >= 0.3 is 5.97 Å². The monoisotopic (exact) mass is 393 g/mol. The van der Waals surface area contributed by atoms with Crippen LogP contribution in [0.5, 0.6) is 0 Å². The average Bonchev–Trinajstić information content (AvgIpc) is 3.06. The predicted octanol–water partition coefficient (Wildman–Crippen LogP) is 3.88. The topological polar surface area (TPSA) is 66.1 Å². The average molecular weight is 394 g/mol. The molecular formula is C21H16ClN3O3. The zero-order valence-electron chi connectivity index (χ0n) is 15.2. The van der Waals surface area contributed by atoms with Crippen LogP contribution in [0.1, 0.15) is 15.9 Å². The molecular weight excluding hydrogens is 378 g/mol. The van der Waals surface area contributed by atoms with Gasteiger partial charge in [0.05, 0.1) is 18.4 Å². The van der Waals surface area contributed by atoms with Gasteiger partial charge in [-0.1, -0.05) is 35.9 Å². The molecule has 2 heterocycles. The Labute approximate surface area is 165 Å². The Balaban J connectivity index is 2.03. The summed E-state index contributed by atoms with van der Waals surface area (Å²) in [5, 5.41) is 4.98. The van der Waals surface area contributed by atoms with Crippen molar-refractivity contribution in [2.24, 2.45) is 0 Å². The lowest BCUT2D eigenvalue weighted by Crippen LogP contribution is -2.15. The van der Waals surface area contributed by atoms with Crippen molar-refractivity contribution in [3.63, 3.8) is 0 Å². The lowest BCUT2D eigenvalue weighted by molar-refractivity contribution is 0.0600. The number of nitrogens with zero attached hydrogens (tertiary/aromatic N) is 3. The molecule has 0 fully saturated rings. The molecule has 140 valence electrons. The second-order valence-corrected chi connectivity index (χ2v) is 6.68. The fraction of sp³-hybridized carbons (Fsp3) is 0.0952. The molecule has 0 aliphatic carbocycles. The van der Waals surface area contributed by atoms with Crippen LogP contribution in [0.15, 0.2) is 65.7 Å². The van der Waals surface area contributed by atoms with E-state index in [1.807, 2.05) is 37.3 Å². The van der Waals surface area contributed by atoms with Gasteiger partial charge in [-0.25, -0.2) is 4.79 Å². The zero-order valence-corrected chi connectivity index (χ0v) is 16.0. The van der Waals surface area contributed by atoms with Crippen LogP contribution in [0.2, 0.25) is 5.02 Å². The molecule has 4 rings (SSSR count). The lowest BCUT2D eigenvalue weighted by atomic mass is 10.1. The molecule has 2 aliphatic rings. The maximum Gasteiger partial charge on any atom is 0.341 e. The molecule has 6 nitrogen and oxygen atoms in total. The SMILES string of the molecule is COC(=O)c1cn(-c2cccc(Cl)c2C)cc2c(=O)n(-c3ccccc3)nc1-2. The number of halogens is 1. The van der Waals surface area contributed by atoms with Crippen LogP contribution in [0.4, 0.5) is 0 Å². The van der Waals surface area contributed by atoms with Crippen molar-refractivity contribution < 1.29 is 9.53 Å². The van der Waals surface area contributed by atoms with Crippen LogP contribution in [0.3, 0.4) is 0 Å². The Kier molecular flexibility index (Phi) is 4.49. The summed E-state index contributed by atoms with van der Waals surface area (Å²) in [6.45, 7) is 1.87. The number of pyridine rings is 1. The summed E-state index contributed by atoms with van der Waals surface area (Å²) in [6, 6.07) is 14.5. The normalized spacial score (nSPS) is 11.0. The van der Waals surface area contributed by atoms with E-state index in [0.29, 0.717) is 16.3 Å². The third kappa shape index (κ3) is 2.88. The van der Waals surface area contributed by atoms with Gasteiger partial charge in [0.1, 0.15) is 11.3 Å². The van der Waals surface area contributed by atoms with Gasteiger partial charge in [-0.2, -0.15) is 9.78 Å². The third-order valence-electron chi connectivity index (χ3n) is 4.59. The van der Waals surface area contributed by atoms with E-state index < -0.39 is 5.97 Å². The Morgan fingerprint density at radius 3 is 2.54 bits per heavy atom. The number of hydrogen-bond donors (Lipinski definition) is 0. The molecule has 0 atom stereocenters. The number of rotatable bonds is 3. The first-order valence-corrected chi connectivity index (χ1v) is 8.93. The minimum atomic E-state index is -0.572. The maximum absolute atomic E-state index is 13.0. The standard InChI is InChI=1S/C21H16ClN3O3/c1-13-17(22)9-6-10-18(13)24-11-15-19(16(12-24)21(27)28-2)23-25(20(15)26)14-7-4-3-5-8-14/h3-12H,1-2H3. The van der Waals surface area contributed by atoms with Crippen LogP contribution in [0.25, 0.3) is 22.6 Å². The Morgan fingerprint density at radius 2 is 1.82 bits per heavy atom. The van der Waals surface area contributed by atoms with Crippen LogP contribution < -0.4 is 5.56 Å². The van der Waals surface area contributed by atoms with Gasteiger partial charge < -0.3 is 9.30 Å². The van der Waals surface area contributed by atoms with E-state index in [9.17, 15) is 9.59 Å². The second-order valence-electron chi connectivity index (χ2n) is 6.27. The van der Waals surface area contributed by atoms with Crippen molar-refractivity contribution in [3.8, 4) is 22.6 Å². The van der Waals surface area contributed by atoms with E-state index in [1.165, 1.54) is 11.8 Å². The van der Waals surface area contributed by atoms with Crippen molar-refractivity contribution in [1.29, 1.82) is 0 Å². The fourth-order valence-corrected chi connectivity index (χ4v) is 3.29. The van der Waals surface area contributed by atoms with E-state index in [1.54, 1.807) is 35.2 Å². The molecule has 2 aromatic rings. The van der Waals surface area contributed by atoms with E-state index in [0.717, 1.165) is 11.3 Å². The summed E-state index contributed by atoms with van der Waals surface area (Å²) in [5.41, 5.74) is 2.68. The maximum atomic E-state index is 13.0. The number of ether oxygens (including phenoxy) is 1. The van der Waals surface area contributed by atoms with E-state index in [2.05, 4.69) is 5.10 Å². The number of esters is 1. The smallest absolute Gasteiger partial charge is 0.341 e. The largest absolute Gasteiger partial charge is 0.465 e. The lowest BCUT2D eigenvalue weighted by Gasteiger charge is -2.14. The number of fused-ring (bicyclic) bond motifs is 1. The molecule has 0 unspecified atom stereocenters. The van der Waals surface area contributed by atoms with Gasteiger partial charge in [0, 0.05) is 23.1 Å². The summed E-state index contributed by atoms with van der Waals surface area (Å²) in [7, 11) is 1.29. The summed E-state index contributed by atoms with van der Waals surface area (Å²) >= 11 is 6.24. The summed E-state index contributed by atoms with van der Waals surface area (Å²) in [5.74, 6) is -0.572. The highest BCUT2D eigenvalue weighted by Crippen LogP contribution is 2.27. The molecule has 0 radical (unpaired) electrons. The quantitative estimate of drug-likeness (QED) is 0.495. The number of methoxy groups -OCH3 is 1. The molecule has 2 aromatic carbocycles. The van der Waals surface area contributed by atoms with E-state index in [-0.39, 0.29) is 16.8 Å². The van der Waals surface area contributed by atoms with Crippen molar-refractivity contribution in [1.82, 2.24) is 14.3 Å². The van der Waals surface area contributed by atoms with E-state index >= 15 is 0 Å². The highest BCUT2D eigenvalue weighted by molar-refractivity contribution is 6.31. The molecule has 0 N–H and O–H groups in total. The molecule has 0 saturated heterocycles. The minimum Gasteiger partial charge on any atom is -0.465 e. The van der Waals surface area contributed by atoms with Crippen molar-refractivity contribution in [2.75, 3.05) is 7.11 Å². The van der Waals surface area contributed by atoms with Gasteiger partial charge in [-0.05, 0) is 36.8 Å².